The van der Waals surface area contributed by atoms with E-state index in [0.29, 0.717) is 23.4 Å². The molecule has 0 aromatic heterocycles. The van der Waals surface area contributed by atoms with Crippen LogP contribution < -0.4 is 4.90 Å². The summed E-state index contributed by atoms with van der Waals surface area (Å²) in [6.07, 6.45) is 3.53. The lowest BCUT2D eigenvalue weighted by molar-refractivity contribution is -0.135. The van der Waals surface area contributed by atoms with Crippen LogP contribution in [0.5, 0.6) is 0 Å². The molecule has 0 aliphatic carbocycles. The standard InChI is InChI=1S/C26H23NO3/c1-19-13-15-21(16-14-19)24(28)18-26(30)22-11-5-6-12-23(22)27(25(26)29)17-7-10-20-8-3-2-4-9-20/h2-16,30H,17-18H2,1H3. The average Bonchev–Trinajstić information content (AvgIpc) is 2.97. The van der Waals surface area contributed by atoms with Crippen LogP contribution in [0.1, 0.15) is 33.5 Å². The van der Waals surface area contributed by atoms with Crippen LogP contribution in [-0.4, -0.2) is 23.3 Å². The minimum absolute atomic E-state index is 0.262. The molecule has 1 aliphatic rings. The van der Waals surface area contributed by atoms with Crippen molar-refractivity contribution in [2.75, 3.05) is 11.4 Å². The first-order valence-corrected chi connectivity index (χ1v) is 9.94. The first-order chi connectivity index (χ1) is 14.5. The summed E-state index contributed by atoms with van der Waals surface area (Å²) < 4.78 is 0. The van der Waals surface area contributed by atoms with Crippen LogP contribution >= 0.6 is 0 Å². The molecule has 1 amide bonds. The molecule has 3 aromatic rings. The number of hydrogen-bond acceptors (Lipinski definition) is 3. The van der Waals surface area contributed by atoms with Crippen LogP contribution in [0, 0.1) is 6.92 Å². The summed E-state index contributed by atoms with van der Waals surface area (Å²) in [7, 11) is 0. The number of aryl methyl sites for hydroxylation is 1. The normalized spacial score (nSPS) is 18.1. The molecule has 0 bridgehead atoms. The van der Waals surface area contributed by atoms with E-state index in [-0.39, 0.29) is 12.2 Å². The number of aliphatic hydroxyl groups is 1. The molecule has 0 fully saturated rings. The lowest BCUT2D eigenvalue weighted by Gasteiger charge is -2.22. The number of ketones is 1. The molecule has 0 saturated heterocycles. The molecule has 4 heteroatoms. The van der Waals surface area contributed by atoms with E-state index < -0.39 is 11.5 Å². The van der Waals surface area contributed by atoms with E-state index in [9.17, 15) is 14.7 Å². The molecule has 4 nitrogen and oxygen atoms in total. The van der Waals surface area contributed by atoms with Gasteiger partial charge in [0.05, 0.1) is 12.1 Å². The fraction of sp³-hybridized carbons (Fsp3) is 0.154. The third-order valence-electron chi connectivity index (χ3n) is 5.43. The highest BCUT2D eigenvalue weighted by Crippen LogP contribution is 2.42. The molecule has 1 N–H and O–H groups in total. The van der Waals surface area contributed by atoms with Crippen molar-refractivity contribution in [2.24, 2.45) is 0 Å². The van der Waals surface area contributed by atoms with Crippen LogP contribution in [0.2, 0.25) is 0 Å². The molecule has 1 unspecified atom stereocenters. The predicted octanol–water partition coefficient (Wildman–Crippen LogP) is 4.52. The van der Waals surface area contributed by atoms with Gasteiger partial charge in [-0.2, -0.15) is 0 Å². The molecule has 1 atom stereocenters. The summed E-state index contributed by atoms with van der Waals surface area (Å²) in [4.78, 5) is 27.6. The Kier molecular flexibility index (Phi) is 5.34. The minimum atomic E-state index is -1.86. The van der Waals surface area contributed by atoms with E-state index in [1.165, 1.54) is 4.90 Å². The van der Waals surface area contributed by atoms with Gasteiger partial charge in [-0.15, -0.1) is 0 Å². The lowest BCUT2D eigenvalue weighted by Crippen LogP contribution is -2.42. The Hall–Kier alpha value is -3.50. The fourth-order valence-electron chi connectivity index (χ4n) is 3.79. The smallest absolute Gasteiger partial charge is 0.264 e. The Morgan fingerprint density at radius 2 is 1.63 bits per heavy atom. The Bertz CT molecular complexity index is 1100. The second kappa shape index (κ2) is 8.09. The highest BCUT2D eigenvalue weighted by atomic mass is 16.3. The lowest BCUT2D eigenvalue weighted by atomic mass is 9.88. The number of carbonyl (C=O) groups excluding carboxylic acids is 2. The number of carbonyl (C=O) groups is 2. The zero-order valence-electron chi connectivity index (χ0n) is 16.8. The maximum atomic E-state index is 13.2. The Labute approximate surface area is 176 Å². The van der Waals surface area contributed by atoms with Crippen molar-refractivity contribution >= 4 is 23.5 Å². The highest BCUT2D eigenvalue weighted by Gasteiger charge is 2.50. The summed E-state index contributed by atoms with van der Waals surface area (Å²) in [5, 5.41) is 11.3. The van der Waals surface area contributed by atoms with Crippen molar-refractivity contribution in [3.05, 3.63) is 107 Å². The molecular weight excluding hydrogens is 374 g/mol. The van der Waals surface area contributed by atoms with Gasteiger partial charge in [-0.05, 0) is 18.6 Å². The number of amides is 1. The average molecular weight is 397 g/mol. The zero-order valence-corrected chi connectivity index (χ0v) is 16.8. The van der Waals surface area contributed by atoms with Gasteiger partial charge in [0.15, 0.2) is 11.4 Å². The van der Waals surface area contributed by atoms with Crippen LogP contribution in [0.15, 0.2) is 84.9 Å². The van der Waals surface area contributed by atoms with Crippen LogP contribution in [0.3, 0.4) is 0 Å². The zero-order chi connectivity index (χ0) is 21.1. The second-order valence-corrected chi connectivity index (χ2v) is 7.57. The van der Waals surface area contributed by atoms with E-state index >= 15 is 0 Å². The minimum Gasteiger partial charge on any atom is -0.375 e. The summed E-state index contributed by atoms with van der Waals surface area (Å²) in [6, 6.07) is 24.1. The van der Waals surface area contributed by atoms with E-state index in [0.717, 1.165) is 11.1 Å². The Morgan fingerprint density at radius 1 is 0.967 bits per heavy atom. The van der Waals surface area contributed by atoms with Crippen molar-refractivity contribution in [2.45, 2.75) is 18.9 Å². The van der Waals surface area contributed by atoms with Gasteiger partial charge >= 0.3 is 0 Å². The maximum absolute atomic E-state index is 13.2. The van der Waals surface area contributed by atoms with Crippen molar-refractivity contribution in [3.63, 3.8) is 0 Å². The van der Waals surface area contributed by atoms with E-state index in [2.05, 4.69) is 0 Å². The Morgan fingerprint density at radius 3 is 2.37 bits per heavy atom. The molecule has 0 spiro atoms. The molecule has 0 saturated carbocycles. The molecule has 1 heterocycles. The fourth-order valence-corrected chi connectivity index (χ4v) is 3.79. The molecule has 1 aliphatic heterocycles. The van der Waals surface area contributed by atoms with Crippen LogP contribution in [-0.2, 0) is 10.4 Å². The molecule has 3 aromatic carbocycles. The van der Waals surface area contributed by atoms with Gasteiger partial charge < -0.3 is 10.0 Å². The van der Waals surface area contributed by atoms with E-state index in [1.807, 2.05) is 67.6 Å². The van der Waals surface area contributed by atoms with E-state index in [4.69, 9.17) is 0 Å². The highest BCUT2D eigenvalue weighted by molar-refractivity contribution is 6.10. The van der Waals surface area contributed by atoms with Crippen LogP contribution in [0.4, 0.5) is 5.69 Å². The number of benzene rings is 3. The Balaban J connectivity index is 1.59. The number of hydrogen-bond donors (Lipinski definition) is 1. The van der Waals surface area contributed by atoms with Gasteiger partial charge in [-0.25, -0.2) is 0 Å². The van der Waals surface area contributed by atoms with Crippen molar-refractivity contribution < 1.29 is 14.7 Å². The molecular formula is C26H23NO3. The molecule has 4 rings (SSSR count). The van der Waals surface area contributed by atoms with Crippen molar-refractivity contribution in [3.8, 4) is 0 Å². The maximum Gasteiger partial charge on any atom is 0.264 e. The summed E-state index contributed by atoms with van der Waals surface area (Å²) in [6.45, 7) is 2.26. The quantitative estimate of drug-likeness (QED) is 0.623. The molecule has 0 radical (unpaired) electrons. The largest absolute Gasteiger partial charge is 0.375 e. The van der Waals surface area contributed by atoms with Crippen molar-refractivity contribution in [1.29, 1.82) is 0 Å². The van der Waals surface area contributed by atoms with Gasteiger partial charge in [-0.3, -0.25) is 9.59 Å². The number of Topliss-reactive ketones (excluding diaryl/α,β-unsaturated/α-hetero) is 1. The predicted molar refractivity (Wildman–Crippen MR) is 118 cm³/mol. The first-order valence-electron chi connectivity index (χ1n) is 9.94. The summed E-state index contributed by atoms with van der Waals surface area (Å²) >= 11 is 0. The van der Waals surface area contributed by atoms with Gasteiger partial charge in [0.2, 0.25) is 0 Å². The molecule has 150 valence electrons. The first kappa shape index (κ1) is 19.8. The topological polar surface area (TPSA) is 57.6 Å². The summed E-state index contributed by atoms with van der Waals surface area (Å²) in [5.74, 6) is -0.732. The number of para-hydroxylation sites is 1. The van der Waals surface area contributed by atoms with Crippen molar-refractivity contribution in [1.82, 2.24) is 0 Å². The second-order valence-electron chi connectivity index (χ2n) is 7.57. The van der Waals surface area contributed by atoms with Gasteiger partial charge in [0.25, 0.3) is 5.91 Å². The third kappa shape index (κ3) is 3.70. The number of fused-ring (bicyclic) bond motifs is 1. The van der Waals surface area contributed by atoms with Crippen LogP contribution in [0.25, 0.3) is 6.08 Å². The summed E-state index contributed by atoms with van der Waals surface area (Å²) in [5.41, 5.74) is 1.81. The molecule has 30 heavy (non-hydrogen) atoms. The monoisotopic (exact) mass is 397 g/mol. The van der Waals surface area contributed by atoms with Gasteiger partial charge in [-0.1, -0.05) is 90.5 Å². The van der Waals surface area contributed by atoms with Gasteiger partial charge in [0.1, 0.15) is 0 Å². The number of nitrogens with zero attached hydrogens (tertiary/aromatic N) is 1. The number of rotatable bonds is 6. The third-order valence-corrected chi connectivity index (χ3v) is 5.43. The van der Waals surface area contributed by atoms with E-state index in [1.54, 1.807) is 30.3 Å². The number of anilines is 1. The van der Waals surface area contributed by atoms with Gasteiger partial charge in [0, 0.05) is 17.7 Å². The SMILES string of the molecule is Cc1ccc(C(=O)CC2(O)C(=O)N(CC=Cc3ccccc3)c3ccccc32)cc1.